The van der Waals surface area contributed by atoms with Crippen molar-refractivity contribution in [1.82, 2.24) is 0 Å². The van der Waals surface area contributed by atoms with Crippen LogP contribution in [-0.4, -0.2) is 4.92 Å². The van der Waals surface area contributed by atoms with Gasteiger partial charge in [0.2, 0.25) is 0 Å². The maximum atomic E-state index is 11.5. The number of nitrogens with zero attached hydrogens (tertiary/aromatic N) is 1. The van der Waals surface area contributed by atoms with Crippen molar-refractivity contribution in [1.29, 1.82) is 0 Å². The molecule has 0 fully saturated rings. The zero-order chi connectivity index (χ0) is 17.2. The molecule has 0 heterocycles. The molecule has 0 aliphatic carbocycles. The molecule has 4 aromatic carbocycles. The molecule has 0 aliphatic heterocycles. The highest BCUT2D eigenvalue weighted by Gasteiger charge is 2.17. The van der Waals surface area contributed by atoms with Crippen molar-refractivity contribution >= 4 is 16.5 Å². The highest BCUT2D eigenvalue weighted by Crippen LogP contribution is 2.39. The predicted molar refractivity (Wildman–Crippen MR) is 101 cm³/mol. The first-order valence-corrected chi connectivity index (χ1v) is 8.06. The fraction of sp³-hybridized carbons (Fsp3) is 0. The van der Waals surface area contributed by atoms with E-state index < -0.39 is 0 Å². The molecule has 0 amide bonds. The molecule has 25 heavy (non-hydrogen) atoms. The maximum Gasteiger partial charge on any atom is 0.277 e. The van der Waals surface area contributed by atoms with Gasteiger partial charge in [-0.15, -0.1) is 0 Å². The molecule has 0 radical (unpaired) electrons. The summed E-state index contributed by atoms with van der Waals surface area (Å²) < 4.78 is 0. The van der Waals surface area contributed by atoms with E-state index in [4.69, 9.17) is 0 Å². The maximum absolute atomic E-state index is 11.5. The van der Waals surface area contributed by atoms with Gasteiger partial charge in [0.15, 0.2) is 0 Å². The molecule has 0 bridgehead atoms. The molecule has 3 heteroatoms. The SMILES string of the molecule is O=[N+]([O-])c1ccccc1-c1cccc2cccc(-c3ccccc3)c12. The average Bonchev–Trinajstić information content (AvgIpc) is 2.67. The molecule has 0 saturated heterocycles. The van der Waals surface area contributed by atoms with Gasteiger partial charge in [0.1, 0.15) is 0 Å². The van der Waals surface area contributed by atoms with Crippen molar-refractivity contribution in [3.05, 3.63) is 101 Å². The van der Waals surface area contributed by atoms with Crippen LogP contribution in [0, 0.1) is 10.1 Å². The van der Waals surface area contributed by atoms with Gasteiger partial charge in [0, 0.05) is 6.07 Å². The Morgan fingerprint density at radius 3 is 1.92 bits per heavy atom. The zero-order valence-corrected chi connectivity index (χ0v) is 13.4. The van der Waals surface area contributed by atoms with E-state index in [9.17, 15) is 10.1 Å². The van der Waals surface area contributed by atoms with Crippen LogP contribution in [0.15, 0.2) is 91.0 Å². The van der Waals surface area contributed by atoms with Gasteiger partial charge in [-0.1, -0.05) is 78.9 Å². The minimum atomic E-state index is -0.320. The fourth-order valence-corrected chi connectivity index (χ4v) is 3.28. The van der Waals surface area contributed by atoms with Crippen LogP contribution < -0.4 is 0 Å². The second kappa shape index (κ2) is 6.21. The van der Waals surface area contributed by atoms with Crippen LogP contribution in [0.2, 0.25) is 0 Å². The molecule has 3 nitrogen and oxygen atoms in total. The van der Waals surface area contributed by atoms with Crippen LogP contribution in [0.1, 0.15) is 0 Å². The third kappa shape index (κ3) is 2.66. The van der Waals surface area contributed by atoms with Crippen molar-refractivity contribution in [2.75, 3.05) is 0 Å². The quantitative estimate of drug-likeness (QED) is 0.338. The second-order valence-corrected chi connectivity index (χ2v) is 5.85. The van der Waals surface area contributed by atoms with Gasteiger partial charge in [0.25, 0.3) is 5.69 Å². The number of nitro benzene ring substituents is 1. The van der Waals surface area contributed by atoms with Crippen molar-refractivity contribution in [3.63, 3.8) is 0 Å². The largest absolute Gasteiger partial charge is 0.277 e. The summed E-state index contributed by atoms with van der Waals surface area (Å²) in [7, 11) is 0. The molecule has 0 saturated carbocycles. The number of fused-ring (bicyclic) bond motifs is 1. The zero-order valence-electron chi connectivity index (χ0n) is 13.4. The molecule has 4 aromatic rings. The van der Waals surface area contributed by atoms with Crippen LogP contribution in [-0.2, 0) is 0 Å². The highest BCUT2D eigenvalue weighted by atomic mass is 16.6. The Kier molecular flexibility index (Phi) is 3.75. The van der Waals surface area contributed by atoms with Gasteiger partial charge < -0.3 is 0 Å². The minimum absolute atomic E-state index is 0.123. The van der Waals surface area contributed by atoms with E-state index in [0.717, 1.165) is 27.5 Å². The first-order chi connectivity index (χ1) is 12.3. The third-order valence-electron chi connectivity index (χ3n) is 4.38. The summed E-state index contributed by atoms with van der Waals surface area (Å²) in [6.07, 6.45) is 0. The minimum Gasteiger partial charge on any atom is -0.258 e. The smallest absolute Gasteiger partial charge is 0.258 e. The summed E-state index contributed by atoms with van der Waals surface area (Å²) in [4.78, 5) is 11.2. The molecule has 0 aromatic heterocycles. The van der Waals surface area contributed by atoms with E-state index in [1.165, 1.54) is 0 Å². The molecule has 0 aliphatic rings. The number of hydrogen-bond acceptors (Lipinski definition) is 2. The van der Waals surface area contributed by atoms with Crippen LogP contribution >= 0.6 is 0 Å². The number of para-hydroxylation sites is 1. The Bertz CT molecular complexity index is 1070. The normalized spacial score (nSPS) is 10.7. The van der Waals surface area contributed by atoms with E-state index in [1.54, 1.807) is 12.1 Å². The number of benzene rings is 4. The Balaban J connectivity index is 2.09. The van der Waals surface area contributed by atoms with Gasteiger partial charge in [0.05, 0.1) is 10.5 Å². The first-order valence-electron chi connectivity index (χ1n) is 8.06. The lowest BCUT2D eigenvalue weighted by molar-refractivity contribution is -0.384. The van der Waals surface area contributed by atoms with Crippen molar-refractivity contribution < 1.29 is 4.92 Å². The Labute approximate surface area is 145 Å². The summed E-state index contributed by atoms with van der Waals surface area (Å²) in [5, 5.41) is 13.6. The molecular formula is C22H15NO2. The molecular weight excluding hydrogens is 310 g/mol. The first kappa shape index (κ1) is 15.1. The monoisotopic (exact) mass is 325 g/mol. The molecule has 120 valence electrons. The van der Waals surface area contributed by atoms with E-state index in [-0.39, 0.29) is 10.6 Å². The van der Waals surface area contributed by atoms with Gasteiger partial charge in [-0.05, 0) is 33.5 Å². The molecule has 0 unspecified atom stereocenters. The van der Waals surface area contributed by atoms with E-state index in [1.807, 2.05) is 60.7 Å². The lowest BCUT2D eigenvalue weighted by Gasteiger charge is -2.12. The number of rotatable bonds is 3. The topological polar surface area (TPSA) is 43.1 Å². The third-order valence-corrected chi connectivity index (χ3v) is 4.38. The van der Waals surface area contributed by atoms with E-state index in [2.05, 4.69) is 18.2 Å². The number of nitro groups is 1. The van der Waals surface area contributed by atoms with Crippen LogP contribution in [0.5, 0.6) is 0 Å². The summed E-state index contributed by atoms with van der Waals surface area (Å²) >= 11 is 0. The summed E-state index contributed by atoms with van der Waals surface area (Å²) in [6, 6.07) is 29.1. The van der Waals surface area contributed by atoms with Gasteiger partial charge in [-0.2, -0.15) is 0 Å². The average molecular weight is 325 g/mol. The summed E-state index contributed by atoms with van der Waals surface area (Å²) in [5.74, 6) is 0. The van der Waals surface area contributed by atoms with E-state index in [0.29, 0.717) is 5.56 Å². The fourth-order valence-electron chi connectivity index (χ4n) is 3.28. The highest BCUT2D eigenvalue weighted by molar-refractivity contribution is 6.07. The van der Waals surface area contributed by atoms with Crippen LogP contribution in [0.25, 0.3) is 33.0 Å². The molecule has 4 rings (SSSR count). The van der Waals surface area contributed by atoms with Crippen molar-refractivity contribution in [2.24, 2.45) is 0 Å². The van der Waals surface area contributed by atoms with Gasteiger partial charge in [-0.3, -0.25) is 10.1 Å². The Morgan fingerprint density at radius 2 is 1.20 bits per heavy atom. The van der Waals surface area contributed by atoms with Crippen molar-refractivity contribution in [2.45, 2.75) is 0 Å². The second-order valence-electron chi connectivity index (χ2n) is 5.85. The van der Waals surface area contributed by atoms with Gasteiger partial charge in [-0.25, -0.2) is 0 Å². The Hall–Kier alpha value is -3.46. The lowest BCUT2D eigenvalue weighted by atomic mass is 9.91. The molecule has 0 spiro atoms. The van der Waals surface area contributed by atoms with E-state index >= 15 is 0 Å². The molecule has 0 atom stereocenters. The molecule has 0 N–H and O–H groups in total. The Morgan fingerprint density at radius 1 is 0.600 bits per heavy atom. The summed E-state index contributed by atoms with van der Waals surface area (Å²) in [5.41, 5.74) is 3.81. The van der Waals surface area contributed by atoms with Crippen LogP contribution in [0.3, 0.4) is 0 Å². The lowest BCUT2D eigenvalue weighted by Crippen LogP contribution is -1.93. The van der Waals surface area contributed by atoms with Gasteiger partial charge >= 0.3 is 0 Å². The number of hydrogen-bond donors (Lipinski definition) is 0. The predicted octanol–water partition coefficient (Wildman–Crippen LogP) is 6.08. The standard InChI is InChI=1S/C22H15NO2/c24-23(25)21-15-5-4-12-19(21)20-14-7-11-17-10-6-13-18(22(17)20)16-8-2-1-3-9-16/h1-15H. The van der Waals surface area contributed by atoms with Crippen LogP contribution in [0.4, 0.5) is 5.69 Å². The van der Waals surface area contributed by atoms with Crippen molar-refractivity contribution in [3.8, 4) is 22.3 Å². The summed E-state index contributed by atoms with van der Waals surface area (Å²) in [6.45, 7) is 0.